The quantitative estimate of drug-likeness (QED) is 0.285. The van der Waals surface area contributed by atoms with E-state index in [9.17, 15) is 18.0 Å². The van der Waals surface area contributed by atoms with Gasteiger partial charge in [-0.25, -0.2) is 8.42 Å². The summed E-state index contributed by atoms with van der Waals surface area (Å²) < 4.78 is 28.8. The van der Waals surface area contributed by atoms with E-state index < -0.39 is 22.5 Å². The molecule has 0 unspecified atom stereocenters. The van der Waals surface area contributed by atoms with E-state index in [0.29, 0.717) is 12.2 Å². The number of para-hydroxylation sites is 1. The van der Waals surface area contributed by atoms with Crippen LogP contribution in [0.3, 0.4) is 0 Å². The minimum Gasteiger partial charge on any atom is -0.348 e. The third-order valence-corrected chi connectivity index (χ3v) is 7.79. The van der Waals surface area contributed by atoms with Crippen molar-refractivity contribution in [3.05, 3.63) is 125 Å². The smallest absolute Gasteiger partial charge is 0.264 e. The minimum atomic E-state index is -4.04. The van der Waals surface area contributed by atoms with E-state index in [4.69, 9.17) is 0 Å². The minimum absolute atomic E-state index is 0.0615. The van der Waals surface area contributed by atoms with E-state index in [1.807, 2.05) is 30.3 Å². The van der Waals surface area contributed by atoms with Gasteiger partial charge in [-0.15, -0.1) is 0 Å². The topological polar surface area (TPSA) is 95.6 Å². The maximum atomic E-state index is 13.5. The number of carbonyl (C=O) groups is 2. The lowest BCUT2D eigenvalue weighted by Gasteiger charge is -2.24. The van der Waals surface area contributed by atoms with Gasteiger partial charge in [0.25, 0.3) is 15.9 Å². The second-order valence-electron chi connectivity index (χ2n) is 8.06. The number of hydrogen-bond donors (Lipinski definition) is 2. The number of rotatable bonds is 9. The lowest BCUT2D eigenvalue weighted by Crippen LogP contribution is -2.38. The lowest BCUT2D eigenvalue weighted by molar-refractivity contribution is -0.114. The predicted octanol–water partition coefficient (Wildman–Crippen LogP) is 5.21. The fourth-order valence-corrected chi connectivity index (χ4v) is 5.33. The molecule has 0 aliphatic rings. The molecule has 0 spiro atoms. The molecule has 0 aliphatic carbocycles. The Morgan fingerprint density at radius 2 is 1.35 bits per heavy atom. The first kappa shape index (κ1) is 26.1. The van der Waals surface area contributed by atoms with Crippen LogP contribution >= 0.6 is 15.9 Å². The number of halogens is 1. The van der Waals surface area contributed by atoms with Gasteiger partial charge in [-0.2, -0.15) is 0 Å². The molecule has 2 amide bonds. The Labute approximate surface area is 224 Å². The fraction of sp³-hybridized carbons (Fsp3) is 0.0714. The van der Waals surface area contributed by atoms with Gasteiger partial charge in [-0.05, 0) is 54.1 Å². The number of anilines is 2. The monoisotopic (exact) mass is 577 g/mol. The molecule has 0 atom stereocenters. The highest BCUT2D eigenvalue weighted by atomic mass is 79.9. The normalized spacial score (nSPS) is 10.9. The largest absolute Gasteiger partial charge is 0.348 e. The van der Waals surface area contributed by atoms with Gasteiger partial charge in [0.1, 0.15) is 6.54 Å². The van der Waals surface area contributed by atoms with Gasteiger partial charge in [0.2, 0.25) is 5.91 Å². The van der Waals surface area contributed by atoms with Gasteiger partial charge in [-0.3, -0.25) is 13.9 Å². The average Bonchev–Trinajstić information content (AvgIpc) is 2.92. The Bertz CT molecular complexity index is 1480. The molecule has 0 saturated carbocycles. The number of nitrogens with zero attached hydrogens (tertiary/aromatic N) is 1. The van der Waals surface area contributed by atoms with Crippen molar-refractivity contribution < 1.29 is 18.0 Å². The molecular weight excluding hydrogens is 554 g/mol. The van der Waals surface area contributed by atoms with Gasteiger partial charge in [0.05, 0.1) is 21.8 Å². The Morgan fingerprint density at radius 3 is 2.03 bits per heavy atom. The van der Waals surface area contributed by atoms with Crippen molar-refractivity contribution in [3.63, 3.8) is 0 Å². The summed E-state index contributed by atoms with van der Waals surface area (Å²) in [7, 11) is -4.04. The molecule has 0 radical (unpaired) electrons. The van der Waals surface area contributed by atoms with Crippen LogP contribution in [-0.2, 0) is 21.4 Å². The first-order valence-corrected chi connectivity index (χ1v) is 13.6. The number of nitrogens with one attached hydrogen (secondary N) is 2. The van der Waals surface area contributed by atoms with E-state index in [-0.39, 0.29) is 22.1 Å². The average molecular weight is 578 g/mol. The molecule has 4 aromatic rings. The summed E-state index contributed by atoms with van der Waals surface area (Å²) in [6.45, 7) is -0.159. The van der Waals surface area contributed by atoms with Crippen LogP contribution in [0.2, 0.25) is 0 Å². The van der Waals surface area contributed by atoms with Crippen LogP contribution in [0.1, 0.15) is 15.9 Å². The highest BCUT2D eigenvalue weighted by Crippen LogP contribution is 2.25. The zero-order valence-electron chi connectivity index (χ0n) is 19.7. The third kappa shape index (κ3) is 6.63. The van der Waals surface area contributed by atoms with E-state index in [0.717, 1.165) is 14.3 Å². The number of sulfonamides is 1. The third-order valence-electron chi connectivity index (χ3n) is 5.47. The zero-order chi connectivity index (χ0) is 26.3. The first-order chi connectivity index (χ1) is 17.8. The van der Waals surface area contributed by atoms with E-state index >= 15 is 0 Å². The molecule has 0 aromatic heterocycles. The van der Waals surface area contributed by atoms with Crippen molar-refractivity contribution >= 4 is 49.1 Å². The maximum absolute atomic E-state index is 13.5. The predicted molar refractivity (Wildman–Crippen MR) is 148 cm³/mol. The summed E-state index contributed by atoms with van der Waals surface area (Å²) in [5, 5.41) is 5.56. The van der Waals surface area contributed by atoms with E-state index in [1.54, 1.807) is 66.7 Å². The highest BCUT2D eigenvalue weighted by molar-refractivity contribution is 9.10. The molecule has 0 heterocycles. The number of hydrogen-bond acceptors (Lipinski definition) is 4. The molecule has 0 fully saturated rings. The SMILES string of the molecule is O=C(CN(c1ccc(Br)cc1)S(=O)(=O)c1ccccc1)Nc1ccccc1C(=O)NCc1ccccc1. The maximum Gasteiger partial charge on any atom is 0.264 e. The van der Waals surface area contributed by atoms with Crippen molar-refractivity contribution in [1.29, 1.82) is 0 Å². The fourth-order valence-electron chi connectivity index (χ4n) is 3.63. The summed E-state index contributed by atoms with van der Waals surface area (Å²) in [6, 6.07) is 30.6. The summed E-state index contributed by atoms with van der Waals surface area (Å²) >= 11 is 3.35. The second-order valence-corrected chi connectivity index (χ2v) is 10.8. The molecule has 4 aromatic carbocycles. The van der Waals surface area contributed by atoms with Crippen LogP contribution in [-0.4, -0.2) is 26.8 Å². The van der Waals surface area contributed by atoms with E-state index in [1.165, 1.54) is 12.1 Å². The van der Waals surface area contributed by atoms with Crippen LogP contribution in [0.15, 0.2) is 119 Å². The van der Waals surface area contributed by atoms with Crippen LogP contribution < -0.4 is 14.9 Å². The molecule has 0 aliphatic heterocycles. The Kier molecular flexibility index (Phi) is 8.37. The molecule has 9 heteroatoms. The van der Waals surface area contributed by atoms with Crippen LogP contribution in [0, 0.1) is 0 Å². The van der Waals surface area contributed by atoms with Crippen molar-refractivity contribution in [1.82, 2.24) is 5.32 Å². The molecular formula is C28H24BrN3O4S. The van der Waals surface area contributed by atoms with Crippen LogP contribution in [0.4, 0.5) is 11.4 Å². The Hall–Kier alpha value is -3.95. The van der Waals surface area contributed by atoms with Gasteiger partial charge in [0, 0.05) is 11.0 Å². The number of benzene rings is 4. The van der Waals surface area contributed by atoms with Gasteiger partial charge in [0.15, 0.2) is 0 Å². The van der Waals surface area contributed by atoms with Crippen molar-refractivity contribution in [2.24, 2.45) is 0 Å². The molecule has 37 heavy (non-hydrogen) atoms. The summed E-state index contributed by atoms with van der Waals surface area (Å²) in [6.07, 6.45) is 0. The summed E-state index contributed by atoms with van der Waals surface area (Å²) in [5.74, 6) is -0.952. The summed E-state index contributed by atoms with van der Waals surface area (Å²) in [4.78, 5) is 26.1. The molecule has 188 valence electrons. The van der Waals surface area contributed by atoms with Crippen molar-refractivity contribution in [2.75, 3.05) is 16.2 Å². The van der Waals surface area contributed by atoms with E-state index in [2.05, 4.69) is 26.6 Å². The molecule has 0 bridgehead atoms. The zero-order valence-corrected chi connectivity index (χ0v) is 22.1. The number of carbonyl (C=O) groups excluding carboxylic acids is 2. The van der Waals surface area contributed by atoms with Crippen molar-refractivity contribution in [2.45, 2.75) is 11.4 Å². The highest BCUT2D eigenvalue weighted by Gasteiger charge is 2.27. The van der Waals surface area contributed by atoms with Gasteiger partial charge >= 0.3 is 0 Å². The van der Waals surface area contributed by atoms with Crippen molar-refractivity contribution in [3.8, 4) is 0 Å². The van der Waals surface area contributed by atoms with Crippen LogP contribution in [0.5, 0.6) is 0 Å². The molecule has 0 saturated heterocycles. The Balaban J connectivity index is 1.55. The molecule has 2 N–H and O–H groups in total. The summed E-state index contributed by atoms with van der Waals surface area (Å²) in [5.41, 5.74) is 1.82. The molecule has 7 nitrogen and oxygen atoms in total. The second kappa shape index (κ2) is 11.9. The first-order valence-electron chi connectivity index (χ1n) is 11.4. The van der Waals surface area contributed by atoms with Gasteiger partial charge < -0.3 is 10.6 Å². The number of amides is 2. The Morgan fingerprint density at radius 1 is 0.757 bits per heavy atom. The molecule has 4 rings (SSSR count). The standard InChI is InChI=1S/C28H24BrN3O4S/c29-22-15-17-23(18-16-22)32(37(35,36)24-11-5-2-6-12-24)20-27(33)31-26-14-8-7-13-25(26)28(34)30-19-21-9-3-1-4-10-21/h1-18H,19-20H2,(H,30,34)(H,31,33). The lowest BCUT2D eigenvalue weighted by atomic mass is 10.1. The van der Waals surface area contributed by atoms with Gasteiger partial charge in [-0.1, -0.05) is 76.6 Å². The van der Waals surface area contributed by atoms with Crippen LogP contribution in [0.25, 0.3) is 0 Å².